The Morgan fingerprint density at radius 3 is 2.71 bits per heavy atom. The largest absolute Gasteiger partial charge is 0.459 e. The first kappa shape index (κ1) is 18.1. The van der Waals surface area contributed by atoms with Gasteiger partial charge in [-0.1, -0.05) is 36.4 Å². The first-order valence-corrected chi connectivity index (χ1v) is 9.31. The van der Waals surface area contributed by atoms with Gasteiger partial charge in [0, 0.05) is 19.2 Å². The number of ether oxygens (including phenoxy) is 1. The van der Waals surface area contributed by atoms with Crippen LogP contribution in [0, 0.1) is 0 Å². The molecule has 1 amide bonds. The predicted molar refractivity (Wildman–Crippen MR) is 107 cm³/mol. The third-order valence-corrected chi connectivity index (χ3v) is 4.74. The van der Waals surface area contributed by atoms with E-state index in [-0.39, 0.29) is 0 Å². The van der Waals surface area contributed by atoms with E-state index in [0.717, 1.165) is 48.1 Å². The van der Waals surface area contributed by atoms with Gasteiger partial charge in [0.05, 0.1) is 11.0 Å². The molecule has 0 saturated carbocycles. The van der Waals surface area contributed by atoms with Crippen LogP contribution in [0.1, 0.15) is 24.0 Å². The lowest BCUT2D eigenvalue weighted by molar-refractivity contribution is -0.124. The van der Waals surface area contributed by atoms with Gasteiger partial charge in [-0.2, -0.15) is 4.98 Å². The van der Waals surface area contributed by atoms with E-state index in [9.17, 15) is 4.79 Å². The van der Waals surface area contributed by atoms with Crippen LogP contribution in [-0.4, -0.2) is 33.9 Å². The highest BCUT2D eigenvalue weighted by Crippen LogP contribution is 2.26. The van der Waals surface area contributed by atoms with Crippen LogP contribution in [0.2, 0.25) is 0 Å². The molecule has 0 aliphatic carbocycles. The number of fused-ring (bicyclic) bond motifs is 1. The summed E-state index contributed by atoms with van der Waals surface area (Å²) in [6, 6.07) is 16.4. The Bertz CT molecular complexity index is 992. The second kappa shape index (κ2) is 8.14. The molecule has 28 heavy (non-hydrogen) atoms. The molecule has 0 spiro atoms. The minimum Gasteiger partial charge on any atom is -0.459 e. The van der Waals surface area contributed by atoms with Crippen LogP contribution in [0.5, 0.6) is 6.01 Å². The van der Waals surface area contributed by atoms with E-state index >= 15 is 0 Å². The molecular formula is C21H22N4O3. The summed E-state index contributed by atoms with van der Waals surface area (Å²) < 4.78 is 8.13. The summed E-state index contributed by atoms with van der Waals surface area (Å²) in [5.41, 5.74) is 5.24. The van der Waals surface area contributed by atoms with Crippen molar-refractivity contribution in [3.05, 3.63) is 65.7 Å². The SMILES string of the molecule is O=C(C=Cc1ccc2c(c1)nc(OCc1ccccc1)n2N1CCCC1)NO. The van der Waals surface area contributed by atoms with Crippen molar-refractivity contribution in [1.29, 1.82) is 0 Å². The van der Waals surface area contributed by atoms with Gasteiger partial charge < -0.3 is 9.75 Å². The molecule has 0 unspecified atom stereocenters. The average molecular weight is 378 g/mol. The van der Waals surface area contributed by atoms with Crippen molar-refractivity contribution in [2.24, 2.45) is 0 Å². The van der Waals surface area contributed by atoms with Crippen molar-refractivity contribution in [2.45, 2.75) is 19.4 Å². The summed E-state index contributed by atoms with van der Waals surface area (Å²) in [4.78, 5) is 15.9. The van der Waals surface area contributed by atoms with E-state index in [0.29, 0.717) is 12.6 Å². The molecule has 0 bridgehead atoms. The number of rotatable bonds is 6. The molecule has 0 radical (unpaired) electrons. The third kappa shape index (κ3) is 3.84. The quantitative estimate of drug-likeness (QED) is 0.392. The Balaban J connectivity index is 1.66. The minimum atomic E-state index is -0.574. The van der Waals surface area contributed by atoms with Gasteiger partial charge in [-0.25, -0.2) is 10.2 Å². The highest BCUT2D eigenvalue weighted by molar-refractivity contribution is 5.91. The van der Waals surface area contributed by atoms with Gasteiger partial charge in [0.15, 0.2) is 0 Å². The zero-order chi connectivity index (χ0) is 19.3. The summed E-state index contributed by atoms with van der Waals surface area (Å²) in [5, 5.41) is 10.9. The first-order valence-electron chi connectivity index (χ1n) is 9.31. The topological polar surface area (TPSA) is 79.6 Å². The number of benzene rings is 2. The lowest BCUT2D eigenvalue weighted by Gasteiger charge is -2.22. The number of imidazole rings is 1. The molecule has 3 aromatic rings. The van der Waals surface area contributed by atoms with E-state index in [1.165, 1.54) is 6.08 Å². The van der Waals surface area contributed by atoms with Gasteiger partial charge in [-0.15, -0.1) is 0 Å². The number of nitrogens with one attached hydrogen (secondary N) is 1. The Hall–Kier alpha value is -3.32. The number of aromatic nitrogens is 2. The van der Waals surface area contributed by atoms with Crippen molar-refractivity contribution >= 4 is 23.0 Å². The fourth-order valence-corrected chi connectivity index (χ4v) is 3.36. The molecule has 1 aliphatic heterocycles. The third-order valence-electron chi connectivity index (χ3n) is 4.74. The molecular weight excluding hydrogens is 356 g/mol. The fraction of sp³-hybridized carbons (Fsp3) is 0.238. The molecule has 1 saturated heterocycles. The zero-order valence-corrected chi connectivity index (χ0v) is 15.4. The van der Waals surface area contributed by atoms with E-state index < -0.39 is 5.91 Å². The van der Waals surface area contributed by atoms with Crippen LogP contribution >= 0.6 is 0 Å². The van der Waals surface area contributed by atoms with Gasteiger partial charge in [0.2, 0.25) is 0 Å². The number of carbonyl (C=O) groups is 1. The lowest BCUT2D eigenvalue weighted by atomic mass is 10.2. The van der Waals surface area contributed by atoms with Crippen molar-refractivity contribution in [3.8, 4) is 6.01 Å². The average Bonchev–Trinajstić information content (AvgIpc) is 3.38. The summed E-state index contributed by atoms with van der Waals surface area (Å²) in [6.07, 6.45) is 5.19. The van der Waals surface area contributed by atoms with Crippen LogP contribution in [0.25, 0.3) is 17.1 Å². The summed E-state index contributed by atoms with van der Waals surface area (Å²) in [5.74, 6) is -0.574. The molecule has 2 N–H and O–H groups in total. The van der Waals surface area contributed by atoms with Gasteiger partial charge in [0.25, 0.3) is 5.91 Å². The molecule has 1 fully saturated rings. The smallest absolute Gasteiger partial charge is 0.317 e. The normalized spacial score (nSPS) is 14.1. The van der Waals surface area contributed by atoms with Gasteiger partial charge in [0.1, 0.15) is 6.61 Å². The number of amides is 1. The molecule has 0 atom stereocenters. The molecule has 2 aromatic carbocycles. The number of hydrogen-bond donors (Lipinski definition) is 2. The Kier molecular flexibility index (Phi) is 5.25. The molecule has 1 aliphatic rings. The first-order chi connectivity index (χ1) is 13.7. The Labute approximate surface area is 162 Å². The standard InChI is InChI=1S/C21H22N4O3/c26-20(23-27)11-9-16-8-10-19-18(14-16)22-21(25(19)24-12-4-5-13-24)28-15-17-6-2-1-3-7-17/h1-3,6-11,14,27H,4-5,12-13,15H2,(H,23,26). The molecule has 144 valence electrons. The highest BCUT2D eigenvalue weighted by atomic mass is 16.5. The Morgan fingerprint density at radius 1 is 1.18 bits per heavy atom. The molecule has 7 heteroatoms. The van der Waals surface area contributed by atoms with E-state index in [1.54, 1.807) is 11.6 Å². The van der Waals surface area contributed by atoms with Crippen molar-refractivity contribution in [3.63, 3.8) is 0 Å². The fourth-order valence-electron chi connectivity index (χ4n) is 3.36. The second-order valence-electron chi connectivity index (χ2n) is 6.70. The molecule has 2 heterocycles. The predicted octanol–water partition coefficient (Wildman–Crippen LogP) is 2.87. The Morgan fingerprint density at radius 2 is 1.96 bits per heavy atom. The number of hydrogen-bond acceptors (Lipinski definition) is 5. The van der Waals surface area contributed by atoms with Gasteiger partial charge in [-0.3, -0.25) is 10.0 Å². The maximum Gasteiger partial charge on any atom is 0.317 e. The van der Waals surface area contributed by atoms with Crippen LogP contribution in [0.4, 0.5) is 0 Å². The maximum atomic E-state index is 11.2. The van der Waals surface area contributed by atoms with E-state index in [2.05, 4.69) is 9.69 Å². The summed E-state index contributed by atoms with van der Waals surface area (Å²) >= 11 is 0. The zero-order valence-electron chi connectivity index (χ0n) is 15.4. The van der Waals surface area contributed by atoms with Crippen molar-refractivity contribution in [2.75, 3.05) is 18.1 Å². The van der Waals surface area contributed by atoms with Crippen molar-refractivity contribution < 1.29 is 14.7 Å². The van der Waals surface area contributed by atoms with Gasteiger partial charge in [-0.05, 0) is 42.2 Å². The van der Waals surface area contributed by atoms with E-state index in [1.807, 2.05) is 48.5 Å². The molecule has 1 aromatic heterocycles. The molecule has 7 nitrogen and oxygen atoms in total. The number of hydroxylamine groups is 1. The number of nitrogens with zero attached hydrogens (tertiary/aromatic N) is 3. The van der Waals surface area contributed by atoms with Crippen molar-refractivity contribution in [1.82, 2.24) is 15.1 Å². The van der Waals surface area contributed by atoms with E-state index in [4.69, 9.17) is 14.9 Å². The van der Waals surface area contributed by atoms with Gasteiger partial charge >= 0.3 is 6.01 Å². The second-order valence-corrected chi connectivity index (χ2v) is 6.70. The van der Waals surface area contributed by atoms with Crippen LogP contribution in [0.15, 0.2) is 54.6 Å². The summed E-state index contributed by atoms with van der Waals surface area (Å²) in [7, 11) is 0. The van der Waals surface area contributed by atoms with Crippen LogP contribution < -0.4 is 15.2 Å². The number of carbonyl (C=O) groups excluding carboxylic acids is 1. The molecule has 4 rings (SSSR count). The maximum absolute atomic E-state index is 11.2. The van der Waals surface area contributed by atoms with Crippen LogP contribution in [0.3, 0.4) is 0 Å². The summed E-state index contributed by atoms with van der Waals surface area (Å²) in [6.45, 7) is 2.37. The minimum absolute atomic E-state index is 0.446. The lowest BCUT2D eigenvalue weighted by Crippen LogP contribution is -2.31. The monoisotopic (exact) mass is 378 g/mol. The van der Waals surface area contributed by atoms with Crippen LogP contribution in [-0.2, 0) is 11.4 Å². The highest BCUT2D eigenvalue weighted by Gasteiger charge is 2.20.